The van der Waals surface area contributed by atoms with Crippen LogP contribution in [0.2, 0.25) is 0 Å². The van der Waals surface area contributed by atoms with Gasteiger partial charge in [-0.3, -0.25) is 9.59 Å². The molecule has 0 N–H and O–H groups in total. The Bertz CT molecular complexity index is 1430. The van der Waals surface area contributed by atoms with Crippen molar-refractivity contribution in [2.24, 2.45) is 5.92 Å². The Labute approximate surface area is 232 Å². The van der Waals surface area contributed by atoms with Crippen LogP contribution in [-0.2, 0) is 11.4 Å². The Kier molecular flexibility index (Phi) is 6.93. The van der Waals surface area contributed by atoms with Crippen LogP contribution in [0.1, 0.15) is 61.1 Å². The van der Waals surface area contributed by atoms with Gasteiger partial charge in [-0.15, -0.1) is 0 Å². The number of benzene rings is 1. The molecule has 0 bridgehead atoms. The summed E-state index contributed by atoms with van der Waals surface area (Å²) in [5.41, 5.74) is 6.00. The zero-order valence-electron chi connectivity index (χ0n) is 22.7. The van der Waals surface area contributed by atoms with E-state index in [-0.39, 0.29) is 24.3 Å². The molecule has 1 unspecified atom stereocenters. The lowest BCUT2D eigenvalue weighted by Crippen LogP contribution is -2.45. The fraction of sp³-hybridized carbons (Fsp3) is 0.433. The first-order chi connectivity index (χ1) is 18.9. The van der Waals surface area contributed by atoms with Crippen molar-refractivity contribution >= 4 is 29.2 Å². The SMILES string of the molecule is COc1cc2c(cc1C=C(C)C)-c1c(c(C(=O)N3CCCC(C(=O)N4CCC4)CC3)nn1-c1ccsc1)CO2. The highest BCUT2D eigenvalue weighted by molar-refractivity contribution is 7.08. The quantitative estimate of drug-likeness (QED) is 0.428. The molecule has 2 amide bonds. The van der Waals surface area contributed by atoms with Gasteiger partial charge in [0, 0.05) is 60.2 Å². The lowest BCUT2D eigenvalue weighted by atomic mass is 9.97. The van der Waals surface area contributed by atoms with Crippen LogP contribution in [0.25, 0.3) is 23.0 Å². The molecule has 1 aromatic carbocycles. The van der Waals surface area contributed by atoms with Crippen molar-refractivity contribution in [1.82, 2.24) is 19.6 Å². The molecule has 1 atom stereocenters. The normalized spacial score (nSPS) is 18.3. The molecule has 204 valence electrons. The minimum absolute atomic E-state index is 0.000863. The second-order valence-electron chi connectivity index (χ2n) is 10.8. The van der Waals surface area contributed by atoms with E-state index in [0.29, 0.717) is 31.0 Å². The Morgan fingerprint density at radius 1 is 1.10 bits per heavy atom. The molecule has 6 rings (SSSR count). The van der Waals surface area contributed by atoms with E-state index in [0.717, 1.165) is 71.7 Å². The molecule has 0 aliphatic carbocycles. The molecule has 0 radical (unpaired) electrons. The van der Waals surface area contributed by atoms with Crippen molar-refractivity contribution in [3.05, 3.63) is 51.4 Å². The molecular weight excluding hydrogens is 512 g/mol. The lowest BCUT2D eigenvalue weighted by molar-refractivity contribution is -0.139. The Balaban J connectivity index is 1.37. The summed E-state index contributed by atoms with van der Waals surface area (Å²) < 4.78 is 13.7. The van der Waals surface area contributed by atoms with Gasteiger partial charge in [0.15, 0.2) is 5.69 Å². The van der Waals surface area contributed by atoms with Gasteiger partial charge in [0.25, 0.3) is 5.91 Å². The number of aromatic nitrogens is 2. The fourth-order valence-corrected chi connectivity index (χ4v) is 6.34. The summed E-state index contributed by atoms with van der Waals surface area (Å²) in [4.78, 5) is 30.7. The standard InChI is InChI=1S/C30H34N4O4S/c1-19(2)14-21-15-23-26(16-25(21)37-3)38-17-24-27(31-34(28(23)24)22-8-13-39-18-22)30(36)33-9-4-6-20(7-12-33)29(35)32-10-5-11-32/h8,13-16,18,20H,4-7,9-12,17H2,1-3H3. The molecule has 0 spiro atoms. The number of likely N-dealkylation sites (tertiary alicyclic amines) is 2. The number of hydrogen-bond acceptors (Lipinski definition) is 6. The number of methoxy groups -OCH3 is 1. The van der Waals surface area contributed by atoms with Crippen LogP contribution in [0.5, 0.6) is 11.5 Å². The predicted octanol–water partition coefficient (Wildman–Crippen LogP) is 5.40. The van der Waals surface area contributed by atoms with Crippen LogP contribution in [-0.4, -0.2) is 64.7 Å². The zero-order chi connectivity index (χ0) is 27.1. The molecule has 3 aliphatic heterocycles. The fourth-order valence-electron chi connectivity index (χ4n) is 5.72. The number of nitrogens with zero attached hydrogens (tertiary/aromatic N) is 4. The van der Waals surface area contributed by atoms with Gasteiger partial charge in [-0.25, -0.2) is 4.68 Å². The maximum absolute atomic E-state index is 14.0. The molecule has 9 heteroatoms. The average Bonchev–Trinajstić information content (AvgIpc) is 3.48. The molecule has 5 heterocycles. The third-order valence-electron chi connectivity index (χ3n) is 7.87. The monoisotopic (exact) mass is 546 g/mol. The highest BCUT2D eigenvalue weighted by Crippen LogP contribution is 2.44. The molecule has 2 aromatic heterocycles. The number of ether oxygens (including phenoxy) is 2. The molecule has 3 aliphatic rings. The summed E-state index contributed by atoms with van der Waals surface area (Å²) in [6.45, 7) is 7.28. The van der Waals surface area contributed by atoms with Crippen molar-refractivity contribution in [2.45, 2.75) is 46.1 Å². The van der Waals surface area contributed by atoms with Gasteiger partial charge in [-0.2, -0.15) is 16.4 Å². The first-order valence-corrected chi connectivity index (χ1v) is 14.6. The zero-order valence-corrected chi connectivity index (χ0v) is 23.6. The van der Waals surface area contributed by atoms with Crippen molar-refractivity contribution in [1.29, 1.82) is 0 Å². The van der Waals surface area contributed by atoms with Gasteiger partial charge in [0.1, 0.15) is 18.1 Å². The number of carbonyl (C=O) groups excluding carboxylic acids is 2. The summed E-state index contributed by atoms with van der Waals surface area (Å²) in [6, 6.07) is 6.00. The summed E-state index contributed by atoms with van der Waals surface area (Å²) in [5.74, 6) is 1.61. The average molecular weight is 547 g/mol. The van der Waals surface area contributed by atoms with Crippen molar-refractivity contribution in [3.63, 3.8) is 0 Å². The smallest absolute Gasteiger partial charge is 0.274 e. The Morgan fingerprint density at radius 3 is 2.62 bits per heavy atom. The summed E-state index contributed by atoms with van der Waals surface area (Å²) >= 11 is 1.59. The van der Waals surface area contributed by atoms with Gasteiger partial charge in [-0.05, 0) is 57.0 Å². The molecule has 2 fully saturated rings. The topological polar surface area (TPSA) is 76.9 Å². The second-order valence-corrected chi connectivity index (χ2v) is 11.5. The number of amides is 2. The van der Waals surface area contributed by atoms with E-state index in [9.17, 15) is 9.59 Å². The number of fused-ring (bicyclic) bond motifs is 3. The van der Waals surface area contributed by atoms with Crippen molar-refractivity contribution < 1.29 is 19.1 Å². The number of rotatable bonds is 5. The Morgan fingerprint density at radius 2 is 1.92 bits per heavy atom. The largest absolute Gasteiger partial charge is 0.496 e. The number of allylic oxidation sites excluding steroid dienone is 1. The molecule has 2 saturated heterocycles. The maximum atomic E-state index is 14.0. The van der Waals surface area contributed by atoms with Gasteiger partial charge in [0.05, 0.1) is 18.5 Å². The summed E-state index contributed by atoms with van der Waals surface area (Å²) in [5, 5.41) is 8.96. The van der Waals surface area contributed by atoms with Gasteiger partial charge < -0.3 is 19.3 Å². The van der Waals surface area contributed by atoms with E-state index >= 15 is 0 Å². The Hall–Kier alpha value is -3.59. The van der Waals surface area contributed by atoms with Crippen LogP contribution < -0.4 is 9.47 Å². The minimum atomic E-state index is -0.0950. The molecule has 8 nitrogen and oxygen atoms in total. The molecule has 0 saturated carbocycles. The van der Waals surface area contributed by atoms with E-state index in [1.165, 1.54) is 0 Å². The third kappa shape index (κ3) is 4.73. The van der Waals surface area contributed by atoms with E-state index in [1.807, 2.05) is 37.4 Å². The van der Waals surface area contributed by atoms with Gasteiger partial charge >= 0.3 is 0 Å². The first kappa shape index (κ1) is 25.7. The highest BCUT2D eigenvalue weighted by Gasteiger charge is 2.35. The van der Waals surface area contributed by atoms with Crippen LogP contribution in [0.4, 0.5) is 0 Å². The maximum Gasteiger partial charge on any atom is 0.274 e. The first-order valence-electron chi connectivity index (χ1n) is 13.7. The van der Waals surface area contributed by atoms with Crippen molar-refractivity contribution in [2.75, 3.05) is 33.3 Å². The number of thiophene rings is 1. The lowest BCUT2D eigenvalue weighted by Gasteiger charge is -2.34. The van der Waals surface area contributed by atoms with Crippen LogP contribution in [0.3, 0.4) is 0 Å². The number of carbonyl (C=O) groups is 2. The predicted molar refractivity (Wildman–Crippen MR) is 152 cm³/mol. The second kappa shape index (κ2) is 10.5. The van der Waals surface area contributed by atoms with E-state index in [1.54, 1.807) is 18.4 Å². The minimum Gasteiger partial charge on any atom is -0.496 e. The van der Waals surface area contributed by atoms with E-state index in [2.05, 4.69) is 26.0 Å². The van der Waals surface area contributed by atoms with Crippen molar-refractivity contribution in [3.8, 4) is 28.4 Å². The van der Waals surface area contributed by atoms with Crippen LogP contribution >= 0.6 is 11.3 Å². The van der Waals surface area contributed by atoms with Crippen LogP contribution in [0, 0.1) is 5.92 Å². The number of hydrogen-bond donors (Lipinski definition) is 0. The van der Waals surface area contributed by atoms with Crippen LogP contribution in [0.15, 0.2) is 34.5 Å². The summed E-state index contributed by atoms with van der Waals surface area (Å²) in [7, 11) is 1.66. The highest BCUT2D eigenvalue weighted by atomic mass is 32.1. The molecule has 3 aromatic rings. The summed E-state index contributed by atoms with van der Waals surface area (Å²) in [6.07, 6.45) is 5.51. The van der Waals surface area contributed by atoms with E-state index in [4.69, 9.17) is 14.6 Å². The third-order valence-corrected chi connectivity index (χ3v) is 8.54. The van der Waals surface area contributed by atoms with Gasteiger partial charge in [-0.1, -0.05) is 11.6 Å². The van der Waals surface area contributed by atoms with Gasteiger partial charge in [0.2, 0.25) is 5.91 Å². The van der Waals surface area contributed by atoms with E-state index < -0.39 is 0 Å². The molecular formula is C30H34N4O4S. The molecule has 39 heavy (non-hydrogen) atoms.